The largest absolute Gasteiger partial charge is 0.291 e. The molecule has 0 fully saturated rings. The first kappa shape index (κ1) is 10.3. The van der Waals surface area contributed by atoms with Gasteiger partial charge >= 0.3 is 0 Å². The quantitative estimate of drug-likeness (QED) is 0.720. The highest BCUT2D eigenvalue weighted by Gasteiger charge is 2.21. The first-order valence-electron chi connectivity index (χ1n) is 5.02. The maximum absolute atomic E-state index is 3.99. The Morgan fingerprint density at radius 2 is 2.08 bits per heavy atom. The lowest BCUT2D eigenvalue weighted by molar-refractivity contribution is 0.224. The van der Waals surface area contributed by atoms with Crippen LogP contribution in [0.25, 0.3) is 0 Å². The van der Waals surface area contributed by atoms with Gasteiger partial charge in [0, 0.05) is 24.7 Å². The van der Waals surface area contributed by atoms with Gasteiger partial charge in [-0.3, -0.25) is 10.00 Å². The smallest absolute Gasteiger partial charge is 0.0537 e. The lowest BCUT2D eigenvalue weighted by atomic mass is 10.3. The summed E-state index contributed by atoms with van der Waals surface area (Å²) in [5, 5.41) is 7.00. The van der Waals surface area contributed by atoms with E-state index >= 15 is 0 Å². The van der Waals surface area contributed by atoms with Gasteiger partial charge in [-0.25, -0.2) is 0 Å². The molecule has 0 atom stereocenters. The van der Waals surface area contributed by atoms with Crippen molar-refractivity contribution in [3.05, 3.63) is 17.5 Å². The van der Waals surface area contributed by atoms with Crippen LogP contribution in [0, 0.1) is 0 Å². The number of nitrogens with one attached hydrogen (secondary N) is 1. The number of fused-ring (bicyclic) bond motifs is 1. The summed E-state index contributed by atoms with van der Waals surface area (Å²) in [6.45, 7) is 10.5. The van der Waals surface area contributed by atoms with Crippen LogP contribution < -0.4 is 0 Å². The summed E-state index contributed by atoms with van der Waals surface area (Å²) in [6, 6.07) is 0.635. The summed E-state index contributed by atoms with van der Waals surface area (Å²) in [6.07, 6.45) is 1.93. The molecule has 1 aliphatic rings. The molecule has 0 aliphatic carbocycles. The number of nitrogens with zero attached hydrogens (tertiary/aromatic N) is 2. The number of rotatable bonds is 1. The van der Waals surface area contributed by atoms with Crippen LogP contribution in [0.15, 0.2) is 6.20 Å². The Morgan fingerprint density at radius 1 is 1.38 bits per heavy atom. The summed E-state index contributed by atoms with van der Waals surface area (Å²) in [5.74, 6) is 0. The fraction of sp³-hybridized carbons (Fsp3) is 0.700. The van der Waals surface area contributed by atoms with Crippen LogP contribution in [0.5, 0.6) is 0 Å². The molecule has 2 heterocycles. The summed E-state index contributed by atoms with van der Waals surface area (Å²) in [7, 11) is 0. The van der Waals surface area contributed by atoms with Crippen LogP contribution in [0.4, 0.5) is 0 Å². The van der Waals surface area contributed by atoms with Crippen LogP contribution >= 0.6 is 0 Å². The maximum Gasteiger partial charge on any atom is 0.0537 e. The Bertz CT molecular complexity index is 232. The molecule has 3 nitrogen and oxygen atoms in total. The fourth-order valence-corrected chi connectivity index (χ4v) is 1.45. The average Bonchev–Trinajstić information content (AvgIpc) is 2.65. The number of hydrogen-bond acceptors (Lipinski definition) is 2. The van der Waals surface area contributed by atoms with E-state index in [0.717, 1.165) is 13.1 Å². The summed E-state index contributed by atoms with van der Waals surface area (Å²) >= 11 is 0. The summed E-state index contributed by atoms with van der Waals surface area (Å²) in [4.78, 5) is 2.42. The molecule has 0 saturated carbocycles. The summed E-state index contributed by atoms with van der Waals surface area (Å²) in [5.41, 5.74) is 2.65. The lowest BCUT2D eigenvalue weighted by Crippen LogP contribution is -2.24. The highest BCUT2D eigenvalue weighted by atomic mass is 15.2. The number of hydrogen-bond donors (Lipinski definition) is 1. The second kappa shape index (κ2) is 4.42. The van der Waals surface area contributed by atoms with Gasteiger partial charge in [0.2, 0.25) is 0 Å². The predicted molar refractivity (Wildman–Crippen MR) is 54.3 cm³/mol. The van der Waals surface area contributed by atoms with Gasteiger partial charge in [0.1, 0.15) is 0 Å². The third kappa shape index (κ3) is 2.10. The molecule has 2 rings (SSSR count). The van der Waals surface area contributed by atoms with Crippen molar-refractivity contribution in [2.45, 2.75) is 46.8 Å². The normalized spacial score (nSPS) is 15.5. The van der Waals surface area contributed by atoms with Gasteiger partial charge in [0.15, 0.2) is 0 Å². The molecule has 1 aromatic rings. The van der Waals surface area contributed by atoms with Crippen LogP contribution in [0.2, 0.25) is 0 Å². The van der Waals surface area contributed by atoms with Gasteiger partial charge < -0.3 is 0 Å². The minimum absolute atomic E-state index is 0.635. The third-order valence-corrected chi connectivity index (χ3v) is 2.27. The molecular formula is C10H19N3. The standard InChI is InChI=1S/C8H13N3.C2H6/c1-6(2)11-4-7-3-9-10-8(7)5-11;1-2/h3,6H,4-5H2,1-2H3,(H,9,10);1-2H3. The van der Waals surface area contributed by atoms with Gasteiger partial charge in [0.25, 0.3) is 0 Å². The molecule has 0 bridgehead atoms. The van der Waals surface area contributed by atoms with E-state index in [4.69, 9.17) is 0 Å². The molecule has 0 aromatic carbocycles. The molecule has 0 spiro atoms. The van der Waals surface area contributed by atoms with Crippen LogP contribution in [0.1, 0.15) is 39.0 Å². The van der Waals surface area contributed by atoms with Crippen molar-refractivity contribution in [3.63, 3.8) is 0 Å². The van der Waals surface area contributed by atoms with E-state index in [-0.39, 0.29) is 0 Å². The second-order valence-electron chi connectivity index (χ2n) is 3.37. The average molecular weight is 181 g/mol. The molecule has 0 radical (unpaired) electrons. The fourth-order valence-electron chi connectivity index (χ4n) is 1.45. The molecule has 1 aliphatic heterocycles. The first-order valence-corrected chi connectivity index (χ1v) is 5.02. The number of aromatic amines is 1. The van der Waals surface area contributed by atoms with Crippen LogP contribution in [-0.4, -0.2) is 21.1 Å². The SMILES string of the molecule is CC.CC(C)N1Cc2cn[nH]c2C1. The Kier molecular flexibility index (Phi) is 3.48. The van der Waals surface area contributed by atoms with E-state index in [1.165, 1.54) is 11.3 Å². The van der Waals surface area contributed by atoms with Gasteiger partial charge in [0.05, 0.1) is 11.9 Å². The molecule has 0 unspecified atom stereocenters. The van der Waals surface area contributed by atoms with E-state index in [0.29, 0.717) is 6.04 Å². The highest BCUT2D eigenvalue weighted by molar-refractivity contribution is 5.20. The van der Waals surface area contributed by atoms with E-state index in [1.807, 2.05) is 20.0 Å². The lowest BCUT2D eigenvalue weighted by Gasteiger charge is -2.18. The van der Waals surface area contributed by atoms with Crippen molar-refractivity contribution in [2.24, 2.45) is 0 Å². The van der Waals surface area contributed by atoms with Gasteiger partial charge in [-0.1, -0.05) is 13.8 Å². The molecule has 0 saturated heterocycles. The van der Waals surface area contributed by atoms with Gasteiger partial charge in [-0.2, -0.15) is 5.10 Å². The van der Waals surface area contributed by atoms with Crippen molar-refractivity contribution >= 4 is 0 Å². The zero-order valence-electron chi connectivity index (χ0n) is 8.96. The molecule has 74 valence electrons. The highest BCUT2D eigenvalue weighted by Crippen LogP contribution is 2.21. The van der Waals surface area contributed by atoms with Crippen molar-refractivity contribution in [3.8, 4) is 0 Å². The number of aromatic nitrogens is 2. The minimum atomic E-state index is 0.635. The van der Waals surface area contributed by atoms with Gasteiger partial charge in [-0.05, 0) is 13.8 Å². The van der Waals surface area contributed by atoms with Gasteiger partial charge in [-0.15, -0.1) is 0 Å². The number of H-pyrrole nitrogens is 1. The van der Waals surface area contributed by atoms with Crippen molar-refractivity contribution in [1.82, 2.24) is 15.1 Å². The molecule has 0 amide bonds. The van der Waals surface area contributed by atoms with E-state index in [1.54, 1.807) is 0 Å². The first-order chi connectivity index (χ1) is 6.27. The Hall–Kier alpha value is -0.830. The molecular weight excluding hydrogens is 162 g/mol. The monoisotopic (exact) mass is 181 g/mol. The van der Waals surface area contributed by atoms with Crippen LogP contribution in [0.3, 0.4) is 0 Å². The Labute approximate surface area is 80.1 Å². The molecule has 3 heteroatoms. The van der Waals surface area contributed by atoms with E-state index in [9.17, 15) is 0 Å². The van der Waals surface area contributed by atoms with Crippen molar-refractivity contribution < 1.29 is 0 Å². The Morgan fingerprint density at radius 3 is 2.62 bits per heavy atom. The summed E-state index contributed by atoms with van der Waals surface area (Å²) < 4.78 is 0. The maximum atomic E-state index is 3.99. The minimum Gasteiger partial charge on any atom is -0.291 e. The van der Waals surface area contributed by atoms with Crippen molar-refractivity contribution in [1.29, 1.82) is 0 Å². The predicted octanol–water partition coefficient (Wildman–Crippen LogP) is 2.16. The molecule has 1 N–H and O–H groups in total. The van der Waals surface area contributed by atoms with Crippen LogP contribution in [-0.2, 0) is 13.1 Å². The van der Waals surface area contributed by atoms with E-state index in [2.05, 4.69) is 28.9 Å². The molecule has 1 aromatic heterocycles. The Balaban J connectivity index is 0.000000396. The zero-order chi connectivity index (χ0) is 9.84. The van der Waals surface area contributed by atoms with E-state index < -0.39 is 0 Å². The molecule has 13 heavy (non-hydrogen) atoms. The zero-order valence-corrected chi connectivity index (χ0v) is 8.96. The third-order valence-electron chi connectivity index (χ3n) is 2.27. The second-order valence-corrected chi connectivity index (χ2v) is 3.37. The topological polar surface area (TPSA) is 31.9 Å². The van der Waals surface area contributed by atoms with Crippen molar-refractivity contribution in [2.75, 3.05) is 0 Å².